The number of carboxylic acids is 1. The first-order chi connectivity index (χ1) is 8.37. The Hall–Kier alpha value is -0.260. The quantitative estimate of drug-likeness (QED) is 0.598. The van der Waals surface area contributed by atoms with Crippen molar-refractivity contribution in [2.75, 3.05) is 12.4 Å². The van der Waals surface area contributed by atoms with Crippen molar-refractivity contribution in [2.45, 2.75) is 56.9 Å². The molecular formula is C13H25NO3S. The molecule has 106 valence electrons. The van der Waals surface area contributed by atoms with Crippen molar-refractivity contribution in [3.05, 3.63) is 0 Å². The molecule has 0 saturated heterocycles. The predicted molar refractivity (Wildman–Crippen MR) is 75.0 cm³/mol. The van der Waals surface area contributed by atoms with Crippen LogP contribution in [-0.2, 0) is 4.79 Å². The highest BCUT2D eigenvalue weighted by atomic mass is 32.2. The number of carboxylic acid groups (broad SMARTS) is 1. The molecule has 0 amide bonds. The van der Waals surface area contributed by atoms with E-state index in [0.29, 0.717) is 12.5 Å². The highest BCUT2D eigenvalue weighted by Crippen LogP contribution is 2.28. The molecule has 5 heteroatoms. The molecule has 0 heterocycles. The summed E-state index contributed by atoms with van der Waals surface area (Å²) in [5.41, 5.74) is -0.823. The average molecular weight is 275 g/mol. The largest absolute Gasteiger partial charge is 0.480 e. The number of rotatable bonds is 9. The second-order valence-electron chi connectivity index (χ2n) is 5.69. The minimum Gasteiger partial charge on any atom is -0.480 e. The number of nitrogens with one attached hydrogen (secondary N) is 1. The van der Waals surface area contributed by atoms with Gasteiger partial charge in [-0.1, -0.05) is 13.8 Å². The van der Waals surface area contributed by atoms with E-state index >= 15 is 0 Å². The first kappa shape index (κ1) is 15.8. The lowest BCUT2D eigenvalue weighted by Gasteiger charge is -2.29. The SMILES string of the molecule is CC(CO)CSC(C)CC(C)(NC1CC1)C(=O)O. The van der Waals surface area contributed by atoms with Gasteiger partial charge >= 0.3 is 5.97 Å². The Labute approximate surface area is 114 Å². The normalized spacial score (nSPS) is 22.2. The van der Waals surface area contributed by atoms with E-state index in [-0.39, 0.29) is 17.8 Å². The van der Waals surface area contributed by atoms with Crippen LogP contribution in [0.2, 0.25) is 0 Å². The van der Waals surface area contributed by atoms with Crippen LogP contribution in [0.5, 0.6) is 0 Å². The molecule has 1 fully saturated rings. The number of aliphatic carboxylic acids is 1. The Balaban J connectivity index is 2.41. The highest BCUT2D eigenvalue weighted by molar-refractivity contribution is 7.99. The van der Waals surface area contributed by atoms with Crippen molar-refractivity contribution in [1.82, 2.24) is 5.32 Å². The summed E-state index contributed by atoms with van der Waals surface area (Å²) in [5.74, 6) is 0.374. The summed E-state index contributed by atoms with van der Waals surface area (Å²) in [6.07, 6.45) is 2.79. The molecule has 0 aromatic rings. The third kappa shape index (κ3) is 5.16. The van der Waals surface area contributed by atoms with Gasteiger partial charge in [0.25, 0.3) is 0 Å². The molecule has 0 radical (unpaired) electrons. The van der Waals surface area contributed by atoms with Crippen LogP contribution in [0.1, 0.15) is 40.0 Å². The third-order valence-corrected chi connectivity index (χ3v) is 4.74. The Morgan fingerprint density at radius 3 is 2.56 bits per heavy atom. The van der Waals surface area contributed by atoms with Crippen LogP contribution >= 0.6 is 11.8 Å². The number of aliphatic hydroxyl groups is 1. The number of hydrogen-bond acceptors (Lipinski definition) is 4. The Morgan fingerprint density at radius 2 is 2.11 bits per heavy atom. The van der Waals surface area contributed by atoms with Gasteiger partial charge in [0.2, 0.25) is 0 Å². The number of carbonyl (C=O) groups is 1. The minimum absolute atomic E-state index is 0.191. The summed E-state index contributed by atoms with van der Waals surface area (Å²) < 4.78 is 0. The Bertz CT molecular complexity index is 283. The second kappa shape index (κ2) is 6.78. The lowest BCUT2D eigenvalue weighted by Crippen LogP contribution is -2.52. The summed E-state index contributed by atoms with van der Waals surface area (Å²) in [4.78, 5) is 11.4. The zero-order valence-electron chi connectivity index (χ0n) is 11.5. The number of hydrogen-bond donors (Lipinski definition) is 3. The van der Waals surface area contributed by atoms with E-state index in [1.165, 1.54) is 0 Å². The van der Waals surface area contributed by atoms with E-state index in [1.54, 1.807) is 18.7 Å². The minimum atomic E-state index is -0.823. The molecule has 1 rings (SSSR count). The molecule has 0 bridgehead atoms. The molecule has 1 aliphatic rings. The van der Waals surface area contributed by atoms with Crippen LogP contribution in [0.25, 0.3) is 0 Å². The van der Waals surface area contributed by atoms with Gasteiger partial charge in [-0.05, 0) is 37.9 Å². The Morgan fingerprint density at radius 1 is 1.50 bits per heavy atom. The van der Waals surface area contributed by atoms with Gasteiger partial charge in [-0.25, -0.2) is 0 Å². The summed E-state index contributed by atoms with van der Waals surface area (Å²) in [5, 5.41) is 21.9. The molecular weight excluding hydrogens is 250 g/mol. The fourth-order valence-corrected chi connectivity index (χ4v) is 3.11. The maximum Gasteiger partial charge on any atom is 0.323 e. The van der Waals surface area contributed by atoms with Gasteiger partial charge in [-0.3, -0.25) is 10.1 Å². The van der Waals surface area contributed by atoms with Crippen LogP contribution in [0.15, 0.2) is 0 Å². The van der Waals surface area contributed by atoms with Gasteiger partial charge in [0.1, 0.15) is 5.54 Å². The molecule has 0 aromatic carbocycles. The maximum absolute atomic E-state index is 11.4. The molecule has 3 N–H and O–H groups in total. The maximum atomic E-state index is 11.4. The van der Waals surface area contributed by atoms with Gasteiger partial charge in [0, 0.05) is 17.9 Å². The van der Waals surface area contributed by atoms with Crippen molar-refractivity contribution < 1.29 is 15.0 Å². The van der Waals surface area contributed by atoms with Crippen LogP contribution in [0.4, 0.5) is 0 Å². The van der Waals surface area contributed by atoms with Gasteiger partial charge < -0.3 is 10.2 Å². The standard InChI is InChI=1S/C13H25NO3S/c1-9(7-15)8-18-10(2)6-13(3,12(16)17)14-11-4-5-11/h9-11,14-15H,4-8H2,1-3H3,(H,16,17). The van der Waals surface area contributed by atoms with E-state index < -0.39 is 11.5 Å². The first-order valence-corrected chi connectivity index (χ1v) is 7.66. The van der Waals surface area contributed by atoms with Gasteiger partial charge in [0.05, 0.1) is 0 Å². The van der Waals surface area contributed by atoms with Gasteiger partial charge in [-0.15, -0.1) is 0 Å². The molecule has 0 spiro atoms. The lowest BCUT2D eigenvalue weighted by molar-refractivity contribution is -0.144. The summed E-state index contributed by atoms with van der Waals surface area (Å²) in [7, 11) is 0. The first-order valence-electron chi connectivity index (χ1n) is 6.61. The number of thioether (sulfide) groups is 1. The molecule has 1 saturated carbocycles. The topological polar surface area (TPSA) is 69.6 Å². The molecule has 3 unspecified atom stereocenters. The summed E-state index contributed by atoms with van der Waals surface area (Å²) in [6.45, 7) is 6.03. The zero-order valence-corrected chi connectivity index (χ0v) is 12.3. The van der Waals surface area contributed by atoms with Crippen molar-refractivity contribution >= 4 is 17.7 Å². The molecule has 0 aliphatic heterocycles. The molecule has 0 aromatic heterocycles. The fraction of sp³-hybridized carbons (Fsp3) is 0.923. The summed E-state index contributed by atoms with van der Waals surface area (Å²) in [6, 6.07) is 0.389. The second-order valence-corrected chi connectivity index (χ2v) is 7.16. The predicted octanol–water partition coefficient (Wildman–Crippen LogP) is 1.72. The van der Waals surface area contributed by atoms with E-state index in [9.17, 15) is 9.90 Å². The van der Waals surface area contributed by atoms with E-state index in [1.807, 2.05) is 6.92 Å². The third-order valence-electron chi connectivity index (χ3n) is 3.24. The van der Waals surface area contributed by atoms with Gasteiger partial charge in [-0.2, -0.15) is 11.8 Å². The van der Waals surface area contributed by atoms with Crippen LogP contribution in [0.3, 0.4) is 0 Å². The smallest absolute Gasteiger partial charge is 0.323 e. The molecule has 1 aliphatic carbocycles. The zero-order chi connectivity index (χ0) is 13.8. The van der Waals surface area contributed by atoms with Crippen molar-refractivity contribution in [1.29, 1.82) is 0 Å². The lowest BCUT2D eigenvalue weighted by atomic mass is 9.96. The summed E-state index contributed by atoms with van der Waals surface area (Å²) >= 11 is 1.74. The van der Waals surface area contributed by atoms with Crippen molar-refractivity contribution in [2.24, 2.45) is 5.92 Å². The highest BCUT2D eigenvalue weighted by Gasteiger charge is 2.39. The average Bonchev–Trinajstić information content (AvgIpc) is 3.09. The molecule has 18 heavy (non-hydrogen) atoms. The molecule has 4 nitrogen and oxygen atoms in total. The van der Waals surface area contributed by atoms with Crippen LogP contribution in [-0.4, -0.2) is 45.4 Å². The fourth-order valence-electron chi connectivity index (χ4n) is 1.90. The van der Waals surface area contributed by atoms with Crippen molar-refractivity contribution in [3.8, 4) is 0 Å². The van der Waals surface area contributed by atoms with Crippen molar-refractivity contribution in [3.63, 3.8) is 0 Å². The van der Waals surface area contributed by atoms with E-state index in [0.717, 1.165) is 18.6 Å². The van der Waals surface area contributed by atoms with Crippen LogP contribution < -0.4 is 5.32 Å². The van der Waals surface area contributed by atoms with E-state index in [2.05, 4.69) is 12.2 Å². The van der Waals surface area contributed by atoms with Crippen LogP contribution in [0, 0.1) is 5.92 Å². The molecule has 3 atom stereocenters. The Kier molecular flexibility index (Phi) is 5.95. The van der Waals surface area contributed by atoms with Gasteiger partial charge in [0.15, 0.2) is 0 Å². The number of aliphatic hydroxyl groups excluding tert-OH is 1. The van der Waals surface area contributed by atoms with E-state index in [4.69, 9.17) is 5.11 Å². The monoisotopic (exact) mass is 275 g/mol.